The van der Waals surface area contributed by atoms with Crippen molar-refractivity contribution >= 4 is 335 Å². The van der Waals surface area contributed by atoms with E-state index in [4.69, 9.17) is 39.9 Å². The monoisotopic (exact) mass is 1520 g/mol. The van der Waals surface area contributed by atoms with Crippen LogP contribution in [0.25, 0.3) is 381 Å². The van der Waals surface area contributed by atoms with Gasteiger partial charge < -0.3 is 29.9 Å². The Morgan fingerprint density at radius 1 is 0.291 bits per heavy atom. The van der Waals surface area contributed by atoms with Gasteiger partial charge >= 0.3 is 17.1 Å². The zero-order valence-corrected chi connectivity index (χ0v) is 65.0. The van der Waals surface area contributed by atoms with Crippen LogP contribution in [0.4, 0.5) is 0 Å². The molecule has 42 rings (SSSR count). The van der Waals surface area contributed by atoms with Crippen LogP contribution in [0.1, 0.15) is 113 Å². The van der Waals surface area contributed by atoms with Gasteiger partial charge in [-0.05, 0) is 398 Å². The summed E-state index contributed by atoms with van der Waals surface area (Å²) in [7, 11) is 2.56. The van der Waals surface area contributed by atoms with Gasteiger partial charge in [0.1, 0.15) is 0 Å². The number of hydrogen-bond donors (Lipinski definition) is 0. The second kappa shape index (κ2) is 13.9. The Kier molecular flexibility index (Phi) is 6.44. The molecule has 0 saturated carbocycles. The van der Waals surface area contributed by atoms with E-state index >= 15 is 0 Å². The minimum absolute atomic E-state index is 0. The zero-order chi connectivity index (χ0) is 73.5. The van der Waals surface area contributed by atoms with Crippen LogP contribution in [0, 0.1) is 0 Å². The summed E-state index contributed by atoms with van der Waals surface area (Å²) in [4.78, 5) is 48.4. The molecule has 10 heteroatoms. The number of likely N-dealkylation sites (tertiary alicyclic amines) is 1. The quantitative estimate of drug-likeness (QED) is 0.117. The second-order valence-electron chi connectivity index (χ2n) is 42.1. The normalized spacial score (nSPS) is 19.7. The summed E-state index contributed by atoms with van der Waals surface area (Å²) in [5, 5.41) is 90.9. The van der Waals surface area contributed by atoms with Crippen molar-refractivity contribution in [2.24, 2.45) is 0 Å². The molecular weight excluding hydrogens is 1470 g/mol. The van der Waals surface area contributed by atoms with E-state index in [0.717, 1.165) is 55.9 Å². The molecule has 35 aromatic rings. The van der Waals surface area contributed by atoms with Gasteiger partial charge in [-0.2, -0.15) is 0 Å². The van der Waals surface area contributed by atoms with E-state index in [1.54, 1.807) is 313 Å². The van der Waals surface area contributed by atoms with Crippen molar-refractivity contribution in [3.63, 3.8) is 0 Å². The molecule has 117 heavy (non-hydrogen) atoms. The van der Waals surface area contributed by atoms with Gasteiger partial charge in [-0.1, -0.05) is 117 Å². The zero-order valence-electron chi connectivity index (χ0n) is 64.0. The minimum Gasteiger partial charge on any atom is -0.357 e. The predicted octanol–water partition coefficient (Wildman–Crippen LogP) is 26.3. The van der Waals surface area contributed by atoms with E-state index in [1.807, 2.05) is 0 Å². The van der Waals surface area contributed by atoms with Crippen LogP contribution >= 0.6 is 0 Å². The molecule has 0 amide bonds. The number of likely N-dealkylation sites (N-methyl/N-ethyl adjacent to an activating group) is 1. The van der Waals surface area contributed by atoms with Gasteiger partial charge in [0.05, 0.1) is 34.1 Å². The molecule has 3 unspecified atom stereocenters. The van der Waals surface area contributed by atoms with Crippen molar-refractivity contribution in [3.8, 4) is 45.6 Å². The van der Waals surface area contributed by atoms with E-state index in [1.165, 1.54) is 16.7 Å². The molecule has 1 fully saturated rings. The van der Waals surface area contributed by atoms with Crippen LogP contribution in [0.3, 0.4) is 0 Å². The molecule has 6 heterocycles. The van der Waals surface area contributed by atoms with Crippen LogP contribution in [-0.4, -0.2) is 48.4 Å². The minimum atomic E-state index is -0.585. The van der Waals surface area contributed by atoms with Gasteiger partial charge in [0.2, 0.25) is 0 Å². The van der Waals surface area contributed by atoms with Gasteiger partial charge in [-0.3, -0.25) is 4.90 Å². The number of fused-ring (bicyclic) bond motifs is 20. The first-order valence-corrected chi connectivity index (χ1v) is 42.2. The molecule has 3 aromatic heterocycles. The summed E-state index contributed by atoms with van der Waals surface area (Å²) in [5.41, 5.74) is 16.0. The van der Waals surface area contributed by atoms with Crippen molar-refractivity contribution < 1.29 is 17.1 Å². The fourth-order valence-corrected chi connectivity index (χ4v) is 33.0. The van der Waals surface area contributed by atoms with Gasteiger partial charge in [0.15, 0.2) is 0 Å². The molecule has 2 spiro atoms. The summed E-state index contributed by atoms with van der Waals surface area (Å²) < 4.78 is 0. The van der Waals surface area contributed by atoms with E-state index in [2.05, 4.69) is 147 Å². The molecule has 3 atom stereocenters. The Morgan fingerprint density at radius 2 is 0.598 bits per heavy atom. The average Bonchev–Trinajstić information content (AvgIpc) is 1.38. The number of nitrogens with zero attached hydrogens (tertiary/aromatic N) is 9. The topological polar surface area (TPSA) is 109 Å². The number of benzene rings is 21. The number of aromatic nitrogens is 8. The smallest absolute Gasteiger partial charge is 0.357 e. The van der Waals surface area contributed by atoms with E-state index in [9.17, 15) is 0 Å². The van der Waals surface area contributed by atoms with Crippen molar-refractivity contribution in [2.75, 3.05) is 13.6 Å². The van der Waals surface area contributed by atoms with Gasteiger partial charge in [0.25, 0.3) is 0 Å². The molecule has 1 radical (unpaired) electrons. The maximum absolute atomic E-state index is 5.91. The average molecular weight is 1520 g/mol. The van der Waals surface area contributed by atoms with E-state index in [-0.39, 0.29) is 39.4 Å². The molecule has 1 saturated heterocycles. The first kappa shape index (κ1) is 54.1. The standard InChI is InChI=1S/C107H45N9.Cu/c1-103(2,3)25-15-18-28-32(21-25)100-111-97(28)110-99-31-20-24(14-17-27(31)95(109-99)108-96-29-19-16-26(104(4,5)6)22-33(29)101(112-96)115-102-35-30(98(113-100)114-102)12-11-13-34(35)105(7,8)9)94-107-92-85-77-65-57-48-39-37-36-38-42(39)51-58-56-47(38)49-45-40(36)43-44-41(37)46-50(48)63(65)71-69-55(46)53(44)61-60-52(43)54(45)68-70-62(49)64(56)76-78-66(58)67(59(51)57)79(77)88(92)87(78)90-83(76)81(70)84-74(68)72(60)80-73(61)75(69)86(82(71)85)93(107)89(80)91(84)106(90,107)23-116(94)10;/h11-22,94H,23H2,1-10H3;/q-2;+2. The van der Waals surface area contributed by atoms with Crippen molar-refractivity contribution in [2.45, 2.75) is 95.4 Å². The van der Waals surface area contributed by atoms with Gasteiger partial charge in [-0.15, -0.1) is 0 Å². The molecule has 3 aliphatic heterocycles. The van der Waals surface area contributed by atoms with Crippen molar-refractivity contribution in [1.29, 1.82) is 0 Å². The predicted molar refractivity (Wildman–Crippen MR) is 479 cm³/mol. The molecule has 32 aromatic carbocycles. The third kappa shape index (κ3) is 4.00. The Hall–Kier alpha value is -12.8. The van der Waals surface area contributed by atoms with Crippen LogP contribution in [-0.2, 0) is 44.1 Å². The Balaban J connectivity index is 0.00000594. The molecule has 0 N–H and O–H groups in total. The van der Waals surface area contributed by atoms with Crippen molar-refractivity contribution in [3.05, 3.63) is 117 Å². The number of rotatable bonds is 1. The summed E-state index contributed by atoms with van der Waals surface area (Å²) in [6.07, 6.45) is 0. The maximum atomic E-state index is 5.91. The molecular formula is C107H45CuN9. The molecule has 9 nitrogen and oxygen atoms in total. The van der Waals surface area contributed by atoms with Gasteiger partial charge in [-0.25, -0.2) is 9.97 Å². The van der Waals surface area contributed by atoms with Crippen LogP contribution < -0.4 is 9.97 Å². The molecule has 4 aliphatic carbocycles. The first-order valence-electron chi connectivity index (χ1n) is 42.2. The summed E-state index contributed by atoms with van der Waals surface area (Å²) in [6, 6.07) is 27.5. The molecule has 8 bridgehead atoms. The van der Waals surface area contributed by atoms with Gasteiger partial charge in [0, 0.05) is 57.4 Å². The summed E-state index contributed by atoms with van der Waals surface area (Å²) in [6.45, 7) is 21.4. The third-order valence-electron chi connectivity index (χ3n) is 35.5. The third-order valence-corrected chi connectivity index (χ3v) is 35.5. The number of hydrogen-bond acceptors (Lipinski definition) is 7. The van der Waals surface area contributed by atoms with Crippen LogP contribution in [0.5, 0.6) is 0 Å². The summed E-state index contributed by atoms with van der Waals surface area (Å²) in [5.74, 6) is 2.33. The molecule has 529 valence electrons. The maximum Gasteiger partial charge on any atom is 2.00 e. The molecule has 7 aliphatic rings. The van der Waals surface area contributed by atoms with E-state index in [0.29, 0.717) is 45.9 Å². The Morgan fingerprint density at radius 3 is 1.00 bits per heavy atom. The second-order valence-corrected chi connectivity index (χ2v) is 42.1. The fourth-order valence-electron chi connectivity index (χ4n) is 33.0. The largest absolute Gasteiger partial charge is 2.00 e. The van der Waals surface area contributed by atoms with Crippen LogP contribution in [0.2, 0.25) is 0 Å². The van der Waals surface area contributed by atoms with E-state index < -0.39 is 10.8 Å². The fraction of sp³-hybridized carbons (Fsp3) is 0.159. The first-order chi connectivity index (χ1) is 56.5. The van der Waals surface area contributed by atoms with Crippen molar-refractivity contribution in [1.82, 2.24) is 44.8 Å². The van der Waals surface area contributed by atoms with Crippen LogP contribution in [0.15, 0.2) is 72.8 Å². The SMILES string of the molecule is CN1CC23c4c5c6c7c8c9c(c%10c%11c2c2c%12c4c4c%13c5c5c7c7c8c8c%14c9c%10c9c%10c%11c2c2c%11c%12c4c4c%12c%13c5c5c7c7c8c8c%14c9c9c%10c2c2c%11c4c4c%12c5c7c5c8c9c2c45)C63C1c1ccc2c(c1)-c1nc-2nc2[n-]c(nc3nc(nc4[n-]c(n1)c1ccc(C(C)(C)C)cc41)-c1cccc(C(C)(C)C)c1-3)c1cc(C(C)(C)C)ccc21.[Cu+2]. The summed E-state index contributed by atoms with van der Waals surface area (Å²) >= 11 is 0. The Bertz CT molecular complexity index is 11100. The Labute approximate surface area is 663 Å².